The van der Waals surface area contributed by atoms with E-state index in [4.69, 9.17) is 11.5 Å². The standard InChI is InChI=1S/C9H13NO3/c1-3-4-8(11)10-7(2)5-6-9(12)13/h1,7H,4-6H2,2H3,(H,10,11)(H,12,13). The van der Waals surface area contributed by atoms with Crippen LogP contribution in [0, 0.1) is 12.3 Å². The van der Waals surface area contributed by atoms with Crippen LogP contribution in [-0.2, 0) is 9.59 Å². The van der Waals surface area contributed by atoms with Gasteiger partial charge in [-0.3, -0.25) is 9.59 Å². The van der Waals surface area contributed by atoms with E-state index in [2.05, 4.69) is 11.2 Å². The molecule has 72 valence electrons. The summed E-state index contributed by atoms with van der Waals surface area (Å²) in [5.41, 5.74) is 0. The predicted octanol–water partition coefficient (Wildman–Crippen LogP) is 0.379. The Labute approximate surface area is 77.3 Å². The molecule has 13 heavy (non-hydrogen) atoms. The maximum absolute atomic E-state index is 10.9. The number of carbonyl (C=O) groups is 2. The summed E-state index contributed by atoms with van der Waals surface area (Å²) < 4.78 is 0. The number of aliphatic carboxylic acids is 1. The van der Waals surface area contributed by atoms with E-state index in [0.717, 1.165) is 0 Å². The van der Waals surface area contributed by atoms with Crippen LogP contribution in [0.2, 0.25) is 0 Å². The molecule has 0 aliphatic rings. The molecule has 0 saturated heterocycles. The Morgan fingerprint density at radius 1 is 1.62 bits per heavy atom. The van der Waals surface area contributed by atoms with Crippen molar-refractivity contribution in [2.24, 2.45) is 0 Å². The van der Waals surface area contributed by atoms with Gasteiger partial charge in [-0.2, -0.15) is 0 Å². The first-order valence-electron chi connectivity index (χ1n) is 4.01. The van der Waals surface area contributed by atoms with Crippen LogP contribution in [0.4, 0.5) is 0 Å². The van der Waals surface area contributed by atoms with Gasteiger partial charge in [0.2, 0.25) is 5.91 Å². The summed E-state index contributed by atoms with van der Waals surface area (Å²) in [6.07, 6.45) is 5.44. The molecule has 0 bridgehead atoms. The molecule has 4 nitrogen and oxygen atoms in total. The van der Waals surface area contributed by atoms with Gasteiger partial charge in [0.1, 0.15) is 0 Å². The molecule has 2 N–H and O–H groups in total. The van der Waals surface area contributed by atoms with Crippen LogP contribution in [0.15, 0.2) is 0 Å². The Kier molecular flexibility index (Phi) is 5.37. The van der Waals surface area contributed by atoms with E-state index in [0.29, 0.717) is 6.42 Å². The van der Waals surface area contributed by atoms with E-state index in [1.807, 2.05) is 0 Å². The van der Waals surface area contributed by atoms with Crippen molar-refractivity contribution >= 4 is 11.9 Å². The van der Waals surface area contributed by atoms with Crippen LogP contribution in [0.1, 0.15) is 26.2 Å². The van der Waals surface area contributed by atoms with Crippen molar-refractivity contribution in [1.29, 1.82) is 0 Å². The van der Waals surface area contributed by atoms with Crippen molar-refractivity contribution < 1.29 is 14.7 Å². The zero-order chi connectivity index (χ0) is 10.3. The van der Waals surface area contributed by atoms with Gasteiger partial charge in [0.15, 0.2) is 0 Å². The third-order valence-electron chi connectivity index (χ3n) is 1.46. The van der Waals surface area contributed by atoms with E-state index >= 15 is 0 Å². The molecule has 0 radical (unpaired) electrons. The predicted molar refractivity (Wildman–Crippen MR) is 47.9 cm³/mol. The number of carbonyl (C=O) groups excluding carboxylic acids is 1. The average molecular weight is 183 g/mol. The molecule has 0 fully saturated rings. The number of carboxylic acid groups (broad SMARTS) is 1. The molecule has 1 atom stereocenters. The third kappa shape index (κ3) is 6.88. The lowest BCUT2D eigenvalue weighted by Crippen LogP contribution is -2.32. The van der Waals surface area contributed by atoms with Crippen LogP contribution in [0.3, 0.4) is 0 Å². The summed E-state index contributed by atoms with van der Waals surface area (Å²) >= 11 is 0. The van der Waals surface area contributed by atoms with Gasteiger partial charge in [-0.1, -0.05) is 5.92 Å². The minimum Gasteiger partial charge on any atom is -0.481 e. The van der Waals surface area contributed by atoms with Crippen LogP contribution in [-0.4, -0.2) is 23.0 Å². The fraction of sp³-hybridized carbons (Fsp3) is 0.556. The number of rotatable bonds is 5. The summed E-state index contributed by atoms with van der Waals surface area (Å²) in [6.45, 7) is 1.75. The first-order valence-corrected chi connectivity index (χ1v) is 4.01. The molecule has 1 amide bonds. The fourth-order valence-electron chi connectivity index (χ4n) is 0.831. The molecule has 1 unspecified atom stereocenters. The lowest BCUT2D eigenvalue weighted by atomic mass is 10.2. The van der Waals surface area contributed by atoms with Gasteiger partial charge < -0.3 is 10.4 Å². The Bertz CT molecular complexity index is 230. The summed E-state index contributed by atoms with van der Waals surface area (Å²) in [7, 11) is 0. The van der Waals surface area contributed by atoms with Gasteiger partial charge in [-0.25, -0.2) is 0 Å². The van der Waals surface area contributed by atoms with Crippen LogP contribution in [0.25, 0.3) is 0 Å². The van der Waals surface area contributed by atoms with E-state index in [9.17, 15) is 9.59 Å². The lowest BCUT2D eigenvalue weighted by molar-refractivity contribution is -0.137. The molecule has 0 saturated carbocycles. The molecule has 0 spiro atoms. The lowest BCUT2D eigenvalue weighted by Gasteiger charge is -2.10. The largest absolute Gasteiger partial charge is 0.481 e. The number of nitrogens with one attached hydrogen (secondary N) is 1. The summed E-state index contributed by atoms with van der Waals surface area (Å²) in [4.78, 5) is 21.1. The monoisotopic (exact) mass is 183 g/mol. The number of hydrogen-bond donors (Lipinski definition) is 2. The van der Waals surface area contributed by atoms with Crippen molar-refractivity contribution in [1.82, 2.24) is 5.32 Å². The molecule has 0 aromatic carbocycles. The topological polar surface area (TPSA) is 66.4 Å². The highest BCUT2D eigenvalue weighted by Gasteiger charge is 2.07. The van der Waals surface area contributed by atoms with Gasteiger partial charge in [-0.15, -0.1) is 6.42 Å². The van der Waals surface area contributed by atoms with Crippen molar-refractivity contribution in [2.45, 2.75) is 32.2 Å². The quantitative estimate of drug-likeness (QED) is 0.605. The number of carboxylic acids is 1. The van der Waals surface area contributed by atoms with Gasteiger partial charge in [0.05, 0.1) is 6.42 Å². The number of hydrogen-bond acceptors (Lipinski definition) is 2. The van der Waals surface area contributed by atoms with Crippen LogP contribution >= 0.6 is 0 Å². The Morgan fingerprint density at radius 2 is 2.23 bits per heavy atom. The molecule has 0 aromatic rings. The van der Waals surface area contributed by atoms with Crippen LogP contribution in [0.5, 0.6) is 0 Å². The zero-order valence-electron chi connectivity index (χ0n) is 7.54. The molecule has 0 heterocycles. The number of amides is 1. The molecule has 0 aliphatic heterocycles. The minimum atomic E-state index is -0.863. The number of terminal acetylenes is 1. The van der Waals surface area contributed by atoms with Crippen molar-refractivity contribution in [3.8, 4) is 12.3 Å². The summed E-state index contributed by atoms with van der Waals surface area (Å²) in [6, 6.07) is -0.142. The minimum absolute atomic E-state index is 0.0391. The van der Waals surface area contributed by atoms with Gasteiger partial charge in [-0.05, 0) is 13.3 Å². The van der Waals surface area contributed by atoms with E-state index in [1.54, 1.807) is 6.92 Å². The summed E-state index contributed by atoms with van der Waals surface area (Å²) in [5, 5.41) is 10.9. The van der Waals surface area contributed by atoms with E-state index in [1.165, 1.54) is 0 Å². The van der Waals surface area contributed by atoms with Crippen molar-refractivity contribution in [3.63, 3.8) is 0 Å². The Balaban J connectivity index is 3.62. The smallest absolute Gasteiger partial charge is 0.303 e. The molecule has 0 rings (SSSR count). The second-order valence-corrected chi connectivity index (χ2v) is 2.78. The fourth-order valence-corrected chi connectivity index (χ4v) is 0.831. The highest BCUT2D eigenvalue weighted by Crippen LogP contribution is 1.96. The van der Waals surface area contributed by atoms with Gasteiger partial charge >= 0.3 is 5.97 Å². The summed E-state index contributed by atoms with van der Waals surface area (Å²) in [5.74, 6) is 1.11. The third-order valence-corrected chi connectivity index (χ3v) is 1.46. The zero-order valence-corrected chi connectivity index (χ0v) is 7.54. The molecular formula is C9H13NO3. The normalized spacial score (nSPS) is 11.4. The Hall–Kier alpha value is -1.50. The van der Waals surface area contributed by atoms with Gasteiger partial charge in [0.25, 0.3) is 0 Å². The average Bonchev–Trinajstić information content (AvgIpc) is 2.01. The van der Waals surface area contributed by atoms with E-state index in [-0.39, 0.29) is 24.8 Å². The van der Waals surface area contributed by atoms with Crippen molar-refractivity contribution in [2.75, 3.05) is 0 Å². The molecule has 0 aromatic heterocycles. The SMILES string of the molecule is C#CCC(=O)NC(C)CCC(=O)O. The molecule has 0 aliphatic carbocycles. The second-order valence-electron chi connectivity index (χ2n) is 2.78. The second kappa shape index (κ2) is 6.06. The van der Waals surface area contributed by atoms with Gasteiger partial charge in [0, 0.05) is 12.5 Å². The van der Waals surface area contributed by atoms with Crippen molar-refractivity contribution in [3.05, 3.63) is 0 Å². The van der Waals surface area contributed by atoms with Crippen LogP contribution < -0.4 is 5.32 Å². The highest BCUT2D eigenvalue weighted by molar-refractivity contribution is 5.78. The molecule has 4 heteroatoms. The molecular weight excluding hydrogens is 170 g/mol. The highest BCUT2D eigenvalue weighted by atomic mass is 16.4. The maximum Gasteiger partial charge on any atom is 0.303 e. The van der Waals surface area contributed by atoms with E-state index < -0.39 is 5.97 Å². The Morgan fingerprint density at radius 3 is 2.69 bits per heavy atom. The maximum atomic E-state index is 10.9. The first-order chi connectivity index (χ1) is 6.06. The first kappa shape index (κ1) is 11.5.